The van der Waals surface area contributed by atoms with Crippen molar-refractivity contribution < 1.29 is 135 Å². The van der Waals surface area contributed by atoms with Crippen LogP contribution >= 0.6 is 0 Å². The first-order valence-corrected chi connectivity index (χ1v) is 12.1. The van der Waals surface area contributed by atoms with Crippen molar-refractivity contribution in [2.45, 2.75) is 49.8 Å². The van der Waals surface area contributed by atoms with E-state index in [-0.39, 0.29) is 18.7 Å². The fraction of sp³-hybridized carbons (Fsp3) is 0.348. The molecule has 0 radical (unpaired) electrons. The number of piperidine rings is 1. The van der Waals surface area contributed by atoms with Crippen LogP contribution in [0.1, 0.15) is 33.6 Å². The van der Waals surface area contributed by atoms with E-state index in [0.717, 1.165) is 4.90 Å². The van der Waals surface area contributed by atoms with Gasteiger partial charge in [0.2, 0.25) is 11.8 Å². The topological polar surface area (TPSA) is 270 Å². The summed E-state index contributed by atoms with van der Waals surface area (Å²) in [6, 6.07) is 5.55. The summed E-state index contributed by atoms with van der Waals surface area (Å²) in [5.74, 6) is -15.7. The lowest BCUT2D eigenvalue weighted by Crippen LogP contribution is -2.54. The number of hydrogen-bond donors (Lipinski definition) is 6. The molecule has 31 heteroatoms. The minimum Gasteiger partial charge on any atom is -0.475 e. The summed E-state index contributed by atoms with van der Waals surface area (Å²) in [7, 11) is 0. The summed E-state index contributed by atoms with van der Waals surface area (Å²) in [6.07, 6.45) is -25.1. The van der Waals surface area contributed by atoms with Gasteiger partial charge in [0.15, 0.2) is 0 Å². The summed E-state index contributed by atoms with van der Waals surface area (Å²) < 4.78 is 159. The van der Waals surface area contributed by atoms with E-state index < -0.39 is 84.5 Å². The van der Waals surface area contributed by atoms with E-state index >= 15 is 0 Å². The van der Waals surface area contributed by atoms with Crippen molar-refractivity contribution in [1.82, 2.24) is 10.2 Å². The second-order valence-corrected chi connectivity index (χ2v) is 8.51. The fourth-order valence-electron chi connectivity index (χ4n) is 2.42. The number of halogens is 15. The predicted octanol–water partition coefficient (Wildman–Crippen LogP) is 3.25. The van der Waals surface area contributed by atoms with Gasteiger partial charge in [0.1, 0.15) is 6.04 Å². The second kappa shape index (κ2) is 20.1. The Hall–Kier alpha value is -6.20. The highest BCUT2D eigenvalue weighted by atomic mass is 19.4. The normalized spacial score (nSPS) is 15.2. The number of amides is 4. The summed E-state index contributed by atoms with van der Waals surface area (Å²) in [5, 5.41) is 37.8. The number of hydrogen-bond acceptors (Lipinski definition) is 9. The van der Waals surface area contributed by atoms with Gasteiger partial charge >= 0.3 is 60.7 Å². The van der Waals surface area contributed by atoms with Crippen molar-refractivity contribution in [3.8, 4) is 0 Å². The van der Waals surface area contributed by atoms with Gasteiger partial charge in [0.25, 0.3) is 11.8 Å². The molecule has 1 fully saturated rings. The number of imide groups is 2. The number of carboxylic acid groups (broad SMARTS) is 5. The number of rotatable bonds is 1. The molecule has 1 unspecified atom stereocenters. The van der Waals surface area contributed by atoms with Crippen LogP contribution in [0.4, 0.5) is 65.9 Å². The maximum Gasteiger partial charge on any atom is 0.490 e. The van der Waals surface area contributed by atoms with Gasteiger partial charge in [0, 0.05) is 6.42 Å². The van der Waals surface area contributed by atoms with Gasteiger partial charge in [-0.3, -0.25) is 29.4 Å². The molecule has 6 N–H and O–H groups in total. The Labute approximate surface area is 284 Å². The Balaban J connectivity index is -0.000000632. The van der Waals surface area contributed by atoms with Crippen LogP contribution in [0.3, 0.4) is 0 Å². The highest BCUT2D eigenvalue weighted by Crippen LogP contribution is 2.27. The summed E-state index contributed by atoms with van der Waals surface area (Å²) in [4.78, 5) is 92.6. The minimum absolute atomic E-state index is 0.129. The number of carbonyl (C=O) groups is 9. The van der Waals surface area contributed by atoms with Crippen LogP contribution in [0.2, 0.25) is 0 Å². The third-order valence-corrected chi connectivity index (χ3v) is 4.56. The Morgan fingerprint density at radius 2 is 0.741 bits per heavy atom. The molecule has 16 nitrogen and oxygen atoms in total. The van der Waals surface area contributed by atoms with Crippen molar-refractivity contribution in [3.05, 3.63) is 35.4 Å². The molecule has 1 aromatic rings. The molecule has 2 aliphatic rings. The predicted molar refractivity (Wildman–Crippen MR) is 132 cm³/mol. The van der Waals surface area contributed by atoms with E-state index in [2.05, 4.69) is 5.32 Å². The molecule has 1 atom stereocenters. The molecule has 0 saturated carbocycles. The first kappa shape index (κ1) is 52.2. The first-order valence-electron chi connectivity index (χ1n) is 12.1. The van der Waals surface area contributed by atoms with Crippen LogP contribution < -0.4 is 5.32 Å². The molecule has 3 rings (SSSR count). The zero-order valence-electron chi connectivity index (χ0n) is 24.8. The molecular weight excluding hydrogens is 813 g/mol. The first-order chi connectivity index (χ1) is 23.8. The maximum absolute atomic E-state index is 12.2. The van der Waals surface area contributed by atoms with E-state index in [4.69, 9.17) is 49.5 Å². The summed E-state index contributed by atoms with van der Waals surface area (Å²) in [6.45, 7) is 0. The Bertz CT molecular complexity index is 1390. The lowest BCUT2D eigenvalue weighted by atomic mass is 10.0. The molecular formula is C23H15F15N2O14. The molecule has 1 aromatic carbocycles. The van der Waals surface area contributed by atoms with Crippen molar-refractivity contribution in [2.24, 2.45) is 0 Å². The molecule has 0 bridgehead atoms. The van der Waals surface area contributed by atoms with Gasteiger partial charge in [-0.25, -0.2) is 24.0 Å². The molecule has 0 aromatic heterocycles. The van der Waals surface area contributed by atoms with Gasteiger partial charge in [-0.1, -0.05) is 12.1 Å². The van der Waals surface area contributed by atoms with Crippen LogP contribution in [-0.4, -0.2) is 121 Å². The summed E-state index contributed by atoms with van der Waals surface area (Å²) >= 11 is 0. The molecule has 54 heavy (non-hydrogen) atoms. The molecule has 0 spiro atoms. The monoisotopic (exact) mass is 828 g/mol. The number of benzene rings is 1. The van der Waals surface area contributed by atoms with Crippen LogP contribution in [-0.2, 0) is 33.6 Å². The molecule has 2 heterocycles. The Morgan fingerprint density at radius 3 is 0.926 bits per heavy atom. The van der Waals surface area contributed by atoms with Crippen molar-refractivity contribution in [2.75, 3.05) is 0 Å². The van der Waals surface area contributed by atoms with E-state index in [0.29, 0.717) is 11.1 Å². The number of aliphatic carboxylic acids is 5. The lowest BCUT2D eigenvalue weighted by Gasteiger charge is -2.27. The maximum atomic E-state index is 12.2. The minimum atomic E-state index is -5.08. The smallest absolute Gasteiger partial charge is 0.475 e. The number of nitrogens with one attached hydrogen (secondary N) is 1. The lowest BCUT2D eigenvalue weighted by molar-refractivity contribution is -0.193. The number of carboxylic acids is 5. The van der Waals surface area contributed by atoms with Crippen LogP contribution in [0.25, 0.3) is 0 Å². The number of alkyl halides is 15. The van der Waals surface area contributed by atoms with Gasteiger partial charge < -0.3 is 25.5 Å². The van der Waals surface area contributed by atoms with Crippen LogP contribution in [0.15, 0.2) is 24.3 Å². The third-order valence-electron chi connectivity index (χ3n) is 4.56. The van der Waals surface area contributed by atoms with Crippen molar-refractivity contribution in [1.29, 1.82) is 0 Å². The molecule has 4 amide bonds. The van der Waals surface area contributed by atoms with E-state index in [1.165, 1.54) is 0 Å². The Morgan fingerprint density at radius 1 is 0.519 bits per heavy atom. The molecule has 1 saturated heterocycles. The zero-order chi connectivity index (χ0) is 44.0. The average Bonchev–Trinajstić information content (AvgIpc) is 3.22. The highest BCUT2D eigenvalue weighted by Gasteiger charge is 2.45. The van der Waals surface area contributed by atoms with Crippen molar-refractivity contribution >= 4 is 53.5 Å². The average molecular weight is 828 g/mol. The fourth-order valence-corrected chi connectivity index (χ4v) is 2.42. The third kappa shape index (κ3) is 20.0. The van der Waals surface area contributed by atoms with Gasteiger partial charge in [0.05, 0.1) is 11.1 Å². The Kier molecular flexibility index (Phi) is 19.5. The quantitative estimate of drug-likeness (QED) is 0.175. The van der Waals surface area contributed by atoms with E-state index in [1.807, 2.05) is 0 Å². The van der Waals surface area contributed by atoms with Gasteiger partial charge in [-0.15, -0.1) is 0 Å². The number of nitrogens with zero attached hydrogens (tertiary/aromatic N) is 1. The van der Waals surface area contributed by atoms with Crippen LogP contribution in [0, 0.1) is 0 Å². The van der Waals surface area contributed by atoms with Gasteiger partial charge in [-0.05, 0) is 18.6 Å². The SMILES string of the molecule is O=C(O)C(F)(F)F.O=C(O)C(F)(F)F.O=C(O)C(F)(F)F.O=C(O)C(F)(F)F.O=C(O)C(F)(F)F.O=C1CCC(N2C(=O)c3ccccc3C2=O)C(=O)N1. The van der Waals surface area contributed by atoms with Gasteiger partial charge in [-0.2, -0.15) is 65.9 Å². The number of carbonyl (C=O) groups excluding carboxylic acids is 4. The molecule has 306 valence electrons. The summed E-state index contributed by atoms with van der Waals surface area (Å²) in [5.41, 5.74) is 0.606. The van der Waals surface area contributed by atoms with Crippen molar-refractivity contribution in [3.63, 3.8) is 0 Å². The standard InChI is InChI=1S/C13H10N2O4.5C2HF3O2/c16-10-6-5-9(11(17)14-10)15-12(18)7-3-1-2-4-8(7)13(15)19;5*3-2(4,5)1(6)7/h1-4,9H,5-6H2,(H,14,16,17);5*(H,6,7). The number of fused-ring (bicyclic) bond motifs is 1. The van der Waals surface area contributed by atoms with Crippen LogP contribution in [0.5, 0.6) is 0 Å². The largest absolute Gasteiger partial charge is 0.490 e. The highest BCUT2D eigenvalue weighted by molar-refractivity contribution is 6.23. The van der Waals surface area contributed by atoms with E-state index in [1.54, 1.807) is 24.3 Å². The molecule has 0 aliphatic carbocycles. The zero-order valence-corrected chi connectivity index (χ0v) is 24.8. The second-order valence-electron chi connectivity index (χ2n) is 8.51. The van der Waals surface area contributed by atoms with E-state index in [9.17, 15) is 85.0 Å². The molecule has 2 aliphatic heterocycles.